The Morgan fingerprint density at radius 1 is 1.40 bits per heavy atom. The van der Waals surface area contributed by atoms with Gasteiger partial charge in [0, 0.05) is 26.2 Å². The molecule has 4 N–H and O–H groups in total. The number of hydrogen-bond acceptors (Lipinski definition) is 3. The Labute approximate surface area is 154 Å². The van der Waals surface area contributed by atoms with E-state index in [2.05, 4.69) is 48.2 Å². The first-order chi connectivity index (χ1) is 11.7. The van der Waals surface area contributed by atoms with E-state index in [1.165, 1.54) is 6.42 Å². The highest BCUT2D eigenvalue weighted by Crippen LogP contribution is 2.21. The van der Waals surface area contributed by atoms with Gasteiger partial charge in [0.15, 0.2) is 5.96 Å². The van der Waals surface area contributed by atoms with Gasteiger partial charge >= 0.3 is 0 Å². The van der Waals surface area contributed by atoms with Crippen molar-refractivity contribution in [3.8, 4) is 0 Å². The van der Waals surface area contributed by atoms with Crippen molar-refractivity contribution in [1.29, 1.82) is 0 Å². The monoisotopic (exact) mass is 353 g/mol. The first kappa shape index (κ1) is 21.7. The molecule has 2 unspecified atom stereocenters. The van der Waals surface area contributed by atoms with Crippen LogP contribution in [0.5, 0.6) is 0 Å². The van der Waals surface area contributed by atoms with Crippen molar-refractivity contribution in [2.45, 2.75) is 65.8 Å². The fraction of sp³-hybridized carbons (Fsp3) is 0.895. The second-order valence-corrected chi connectivity index (χ2v) is 8.54. The number of primary amides is 1. The minimum Gasteiger partial charge on any atom is -0.369 e. The molecule has 1 amide bonds. The number of rotatable bonds is 8. The molecule has 1 rings (SSSR count). The second kappa shape index (κ2) is 10.6. The molecule has 0 aromatic heterocycles. The topological polar surface area (TPSA) is 82.8 Å². The lowest BCUT2D eigenvalue weighted by atomic mass is 9.89. The van der Waals surface area contributed by atoms with Gasteiger partial charge in [-0.05, 0) is 57.5 Å². The van der Waals surface area contributed by atoms with Gasteiger partial charge in [0.1, 0.15) is 0 Å². The van der Waals surface area contributed by atoms with Crippen LogP contribution < -0.4 is 16.4 Å². The second-order valence-electron chi connectivity index (χ2n) is 8.54. The maximum atomic E-state index is 11.3. The van der Waals surface area contributed by atoms with Crippen molar-refractivity contribution in [1.82, 2.24) is 15.5 Å². The zero-order chi connectivity index (χ0) is 18.9. The number of nitrogens with zero attached hydrogens (tertiary/aromatic N) is 2. The van der Waals surface area contributed by atoms with Crippen LogP contribution in [0.1, 0.15) is 59.8 Å². The van der Waals surface area contributed by atoms with Crippen molar-refractivity contribution in [3.05, 3.63) is 0 Å². The lowest BCUT2D eigenvalue weighted by Gasteiger charge is -2.31. The van der Waals surface area contributed by atoms with Crippen LogP contribution >= 0.6 is 0 Å². The van der Waals surface area contributed by atoms with Gasteiger partial charge in [-0.15, -0.1) is 0 Å². The van der Waals surface area contributed by atoms with Gasteiger partial charge in [0.25, 0.3) is 0 Å². The van der Waals surface area contributed by atoms with Crippen LogP contribution in [0.3, 0.4) is 0 Å². The highest BCUT2D eigenvalue weighted by Gasteiger charge is 2.23. The van der Waals surface area contributed by atoms with Gasteiger partial charge in [-0.3, -0.25) is 9.79 Å². The van der Waals surface area contributed by atoms with E-state index in [0.717, 1.165) is 57.8 Å². The Morgan fingerprint density at radius 2 is 2.12 bits per heavy atom. The SMILES string of the molecule is CN=C(NCCCN1CCCC(C(N)=O)C1)NC(C)CCC(C)(C)C. The van der Waals surface area contributed by atoms with Crippen LogP contribution in [0.25, 0.3) is 0 Å². The van der Waals surface area contributed by atoms with E-state index in [1.807, 2.05) is 7.05 Å². The Hall–Kier alpha value is -1.30. The van der Waals surface area contributed by atoms with Crippen LogP contribution in [0, 0.1) is 11.3 Å². The smallest absolute Gasteiger partial charge is 0.221 e. The molecule has 1 aliphatic rings. The third-order valence-corrected chi connectivity index (χ3v) is 4.79. The number of nitrogens with two attached hydrogens (primary N) is 1. The molecule has 146 valence electrons. The molecular formula is C19H39N5O. The third kappa shape index (κ3) is 9.68. The molecular weight excluding hydrogens is 314 g/mol. The van der Waals surface area contributed by atoms with Gasteiger partial charge in [-0.25, -0.2) is 0 Å². The molecule has 1 aliphatic heterocycles. The maximum absolute atomic E-state index is 11.3. The Balaban J connectivity index is 2.21. The highest BCUT2D eigenvalue weighted by atomic mass is 16.1. The summed E-state index contributed by atoms with van der Waals surface area (Å²) in [6.45, 7) is 12.8. The molecule has 6 nitrogen and oxygen atoms in total. The summed E-state index contributed by atoms with van der Waals surface area (Å²) in [5.41, 5.74) is 5.80. The Bertz CT molecular complexity index is 430. The van der Waals surface area contributed by atoms with E-state index >= 15 is 0 Å². The molecule has 1 heterocycles. The summed E-state index contributed by atoms with van der Waals surface area (Å²) in [6.07, 6.45) is 5.35. The molecule has 0 aliphatic carbocycles. The predicted octanol–water partition coefficient (Wildman–Crippen LogP) is 1.95. The summed E-state index contributed by atoms with van der Waals surface area (Å²) < 4.78 is 0. The Kier molecular flexibility index (Phi) is 9.25. The molecule has 0 radical (unpaired) electrons. The number of carbonyl (C=O) groups is 1. The molecule has 2 atom stereocenters. The first-order valence-electron chi connectivity index (χ1n) is 9.70. The van der Waals surface area contributed by atoms with Gasteiger partial charge < -0.3 is 21.3 Å². The van der Waals surface area contributed by atoms with Crippen LogP contribution in [0.2, 0.25) is 0 Å². The lowest BCUT2D eigenvalue weighted by molar-refractivity contribution is -0.123. The lowest BCUT2D eigenvalue weighted by Crippen LogP contribution is -2.44. The number of carbonyl (C=O) groups excluding carboxylic acids is 1. The van der Waals surface area contributed by atoms with Crippen molar-refractivity contribution >= 4 is 11.9 Å². The number of nitrogens with one attached hydrogen (secondary N) is 2. The van der Waals surface area contributed by atoms with Crippen LogP contribution in [0.4, 0.5) is 0 Å². The maximum Gasteiger partial charge on any atom is 0.221 e. The fourth-order valence-electron chi connectivity index (χ4n) is 3.15. The van der Waals surface area contributed by atoms with Crippen molar-refractivity contribution in [2.75, 3.05) is 33.2 Å². The van der Waals surface area contributed by atoms with Crippen molar-refractivity contribution in [2.24, 2.45) is 22.1 Å². The normalized spacial score (nSPS) is 21.0. The summed E-state index contributed by atoms with van der Waals surface area (Å²) in [5, 5.41) is 6.86. The minimum atomic E-state index is -0.156. The number of guanidine groups is 1. The largest absolute Gasteiger partial charge is 0.369 e. The standard InChI is InChI=1S/C19H39N5O/c1-15(9-10-19(2,3)4)23-18(21-5)22-11-7-13-24-12-6-8-16(14-24)17(20)25/h15-16H,6-14H2,1-5H3,(H2,20,25)(H2,21,22,23). The van der Waals surface area contributed by atoms with E-state index in [4.69, 9.17) is 5.73 Å². The number of piperidine rings is 1. The van der Waals surface area contributed by atoms with Crippen molar-refractivity contribution in [3.63, 3.8) is 0 Å². The highest BCUT2D eigenvalue weighted by molar-refractivity contribution is 5.79. The molecule has 0 spiro atoms. The Morgan fingerprint density at radius 3 is 2.72 bits per heavy atom. The quantitative estimate of drug-likeness (QED) is 0.354. The summed E-state index contributed by atoms with van der Waals surface area (Å²) in [7, 11) is 1.81. The van der Waals surface area contributed by atoms with Crippen LogP contribution in [0.15, 0.2) is 4.99 Å². The zero-order valence-corrected chi connectivity index (χ0v) is 16.9. The molecule has 6 heteroatoms. The molecule has 1 saturated heterocycles. The first-order valence-corrected chi connectivity index (χ1v) is 9.70. The molecule has 0 saturated carbocycles. The van der Waals surface area contributed by atoms with Crippen molar-refractivity contribution < 1.29 is 4.79 Å². The molecule has 0 bridgehead atoms. The number of aliphatic imine (C=N–C) groups is 1. The van der Waals surface area contributed by atoms with Gasteiger partial charge in [-0.1, -0.05) is 20.8 Å². The van der Waals surface area contributed by atoms with E-state index in [9.17, 15) is 4.79 Å². The van der Waals surface area contributed by atoms with Gasteiger partial charge in [0.05, 0.1) is 5.92 Å². The summed E-state index contributed by atoms with van der Waals surface area (Å²) in [5.74, 6) is 0.742. The van der Waals surface area contributed by atoms with E-state index < -0.39 is 0 Å². The predicted molar refractivity (Wildman–Crippen MR) is 106 cm³/mol. The molecule has 0 aromatic carbocycles. The number of likely N-dealkylation sites (tertiary alicyclic amines) is 1. The molecule has 0 aromatic rings. The fourth-order valence-corrected chi connectivity index (χ4v) is 3.15. The van der Waals surface area contributed by atoms with Crippen LogP contribution in [-0.4, -0.2) is 56.0 Å². The van der Waals surface area contributed by atoms with Crippen LogP contribution in [-0.2, 0) is 4.79 Å². The van der Waals surface area contributed by atoms with E-state index in [-0.39, 0.29) is 11.8 Å². The van der Waals surface area contributed by atoms with E-state index in [0.29, 0.717) is 11.5 Å². The minimum absolute atomic E-state index is 0.0276. The van der Waals surface area contributed by atoms with Gasteiger partial charge in [-0.2, -0.15) is 0 Å². The summed E-state index contributed by atoms with van der Waals surface area (Å²) in [4.78, 5) is 18.0. The zero-order valence-electron chi connectivity index (χ0n) is 16.9. The molecule has 1 fully saturated rings. The third-order valence-electron chi connectivity index (χ3n) is 4.79. The summed E-state index contributed by atoms with van der Waals surface area (Å²) >= 11 is 0. The van der Waals surface area contributed by atoms with E-state index in [1.54, 1.807) is 0 Å². The number of hydrogen-bond donors (Lipinski definition) is 3. The molecule has 25 heavy (non-hydrogen) atoms. The average molecular weight is 354 g/mol. The summed E-state index contributed by atoms with van der Waals surface area (Å²) in [6, 6.07) is 0.406. The average Bonchev–Trinajstić information content (AvgIpc) is 2.55. The van der Waals surface area contributed by atoms with Gasteiger partial charge in [0.2, 0.25) is 5.91 Å². The number of amides is 1.